The molecule has 1 aromatic carbocycles. The lowest BCUT2D eigenvalue weighted by Gasteiger charge is -2.32. The molecular formula is C44H73BN6O11. The summed E-state index contributed by atoms with van der Waals surface area (Å²) in [6, 6.07) is 0.644. The molecule has 17 nitrogen and oxygen atoms in total. The van der Waals surface area contributed by atoms with E-state index in [4.69, 9.17) is 0 Å². The number of aliphatic hydroxyl groups excluding tert-OH is 2. The summed E-state index contributed by atoms with van der Waals surface area (Å²) in [5.74, 6) is -5.13. The van der Waals surface area contributed by atoms with E-state index in [-0.39, 0.29) is 37.5 Å². The molecule has 9 N–H and O–H groups in total. The van der Waals surface area contributed by atoms with Gasteiger partial charge in [-0.05, 0) is 64.9 Å². The predicted molar refractivity (Wildman–Crippen MR) is 235 cm³/mol. The number of nitrogens with zero attached hydrogens (tertiary/aromatic N) is 1. The average Bonchev–Trinajstić information content (AvgIpc) is 3.70. The van der Waals surface area contributed by atoms with Gasteiger partial charge >= 0.3 is 7.12 Å². The van der Waals surface area contributed by atoms with Gasteiger partial charge in [0.25, 0.3) is 0 Å². The van der Waals surface area contributed by atoms with Crippen LogP contribution in [-0.4, -0.2) is 129 Å². The Morgan fingerprint density at radius 2 is 1.37 bits per heavy atom. The molecule has 6 amide bonds. The molecule has 0 aromatic heterocycles. The molecule has 0 saturated carbocycles. The average molecular weight is 873 g/mol. The number of amides is 6. The minimum Gasteiger partial charge on any atom is -0.426 e. The van der Waals surface area contributed by atoms with Gasteiger partial charge in [-0.1, -0.05) is 89.1 Å². The molecule has 2 rings (SSSR count). The highest BCUT2D eigenvalue weighted by molar-refractivity contribution is 6.41. The maximum atomic E-state index is 14.0. The van der Waals surface area contributed by atoms with Crippen LogP contribution in [0, 0.1) is 18.8 Å². The Balaban J connectivity index is 2.11. The summed E-state index contributed by atoms with van der Waals surface area (Å²) in [5, 5.41) is 52.3. The quantitative estimate of drug-likeness (QED) is 0.0426. The number of rotatable bonds is 28. The van der Waals surface area contributed by atoms with Gasteiger partial charge in [-0.25, -0.2) is 0 Å². The molecule has 1 fully saturated rings. The van der Waals surface area contributed by atoms with Crippen LogP contribution in [0.5, 0.6) is 0 Å². The first-order valence-corrected chi connectivity index (χ1v) is 22.3. The smallest absolute Gasteiger partial charge is 0.426 e. The number of hydrogen-bond donors (Lipinski definition) is 9. The number of likely N-dealkylation sites (tertiary alicyclic amines) is 1. The van der Waals surface area contributed by atoms with Crippen molar-refractivity contribution in [3.63, 3.8) is 0 Å². The minimum atomic E-state index is -1.82. The van der Waals surface area contributed by atoms with Gasteiger partial charge in [-0.2, -0.15) is 0 Å². The molecule has 18 heteroatoms. The first-order valence-electron chi connectivity index (χ1n) is 22.3. The summed E-state index contributed by atoms with van der Waals surface area (Å²) >= 11 is 0. The van der Waals surface area contributed by atoms with Gasteiger partial charge in [-0.3, -0.25) is 33.6 Å². The van der Waals surface area contributed by atoms with E-state index in [2.05, 4.69) is 33.5 Å². The second-order valence-electron chi connectivity index (χ2n) is 17.3. The lowest BCUT2D eigenvalue weighted by atomic mass is 9.90. The number of Topliss-reactive ketones (excluding diaryl/α,β-unsaturated/α-hetero) is 1. The number of carbonyl (C=O) groups excluding carboxylic acids is 7. The number of aryl methyl sites for hydroxylation is 1. The van der Waals surface area contributed by atoms with Crippen LogP contribution in [0.25, 0.3) is 0 Å². The molecular weight excluding hydrogens is 799 g/mol. The molecule has 1 aromatic rings. The second-order valence-corrected chi connectivity index (χ2v) is 17.3. The molecule has 348 valence electrons. The van der Waals surface area contributed by atoms with Gasteiger partial charge < -0.3 is 51.7 Å². The van der Waals surface area contributed by atoms with Gasteiger partial charge in [0.2, 0.25) is 35.4 Å². The highest BCUT2D eigenvalue weighted by Gasteiger charge is 2.41. The zero-order valence-electron chi connectivity index (χ0n) is 37.8. The molecule has 1 aliphatic rings. The summed E-state index contributed by atoms with van der Waals surface area (Å²) < 4.78 is 0. The number of nitrogens with one attached hydrogen (secondary N) is 5. The predicted octanol–water partition coefficient (Wildman–Crippen LogP) is 1.14. The highest BCUT2D eigenvalue weighted by Crippen LogP contribution is 2.22. The zero-order chi connectivity index (χ0) is 46.5. The minimum absolute atomic E-state index is 0.0113. The van der Waals surface area contributed by atoms with Crippen LogP contribution in [0.1, 0.15) is 130 Å². The Morgan fingerprint density at radius 3 is 1.95 bits per heavy atom. The largest absolute Gasteiger partial charge is 0.472 e. The Labute approximate surface area is 367 Å². The molecule has 62 heavy (non-hydrogen) atoms. The maximum absolute atomic E-state index is 14.0. The lowest BCUT2D eigenvalue weighted by molar-refractivity contribution is -0.145. The third-order valence-corrected chi connectivity index (χ3v) is 11.0. The SMILES string of the molecule is CCCCCCCCCC(=O)C[C@@H](CC(C)C)C(=O)N[C@H](C(=O)N1CCC[C@@H]1C(=O)N[C@H](C(=O)N[C@@H](C)C(=O)N[C@@H](Cc1ccc(C)cc1)C(=O)NCB(O)O)C(C)O)C(C)O. The van der Waals surface area contributed by atoms with E-state index in [1.807, 2.05) is 32.9 Å². The van der Waals surface area contributed by atoms with Crippen molar-refractivity contribution in [2.75, 3.05) is 13.0 Å². The molecule has 0 bridgehead atoms. The molecule has 1 aliphatic heterocycles. The number of unbranched alkanes of at least 4 members (excludes halogenated alkanes) is 6. The van der Waals surface area contributed by atoms with Gasteiger partial charge in [0.1, 0.15) is 36.0 Å². The lowest BCUT2D eigenvalue weighted by Crippen LogP contribution is -2.61. The number of hydrogen-bond acceptors (Lipinski definition) is 11. The third-order valence-electron chi connectivity index (χ3n) is 11.0. The number of aliphatic hydroxyl groups is 2. The number of carbonyl (C=O) groups is 7. The summed E-state index contributed by atoms with van der Waals surface area (Å²) in [7, 11) is -1.82. The first kappa shape index (κ1) is 53.8. The van der Waals surface area contributed by atoms with Gasteiger partial charge in [-0.15, -0.1) is 0 Å². The molecule has 1 heterocycles. The van der Waals surface area contributed by atoms with Crippen molar-refractivity contribution >= 4 is 48.3 Å². The number of benzene rings is 1. The van der Waals surface area contributed by atoms with Crippen molar-refractivity contribution < 1.29 is 53.8 Å². The normalized spacial score (nSPS) is 17.2. The highest BCUT2D eigenvalue weighted by atomic mass is 16.4. The van der Waals surface area contributed by atoms with Crippen LogP contribution >= 0.6 is 0 Å². The molecule has 0 aliphatic carbocycles. The fourth-order valence-corrected chi connectivity index (χ4v) is 7.45. The van der Waals surface area contributed by atoms with Crippen molar-refractivity contribution in [1.82, 2.24) is 31.5 Å². The van der Waals surface area contributed by atoms with E-state index in [0.29, 0.717) is 24.8 Å². The standard InChI is InChI=1S/C44H73BN6O11/c1-8-9-10-11-12-13-14-16-34(54)25-33(23-27(2)3)40(56)50-38(31(7)53)44(60)51-22-15-17-36(51)42(58)49-37(30(6)52)43(59)47-29(5)39(55)48-35(41(57)46-26-45(61)62)24-32-20-18-28(4)19-21-32/h18-21,27,29-31,33,35-38,52-53,61-62H,8-17,22-26H2,1-7H3,(H,46,57)(H,47,59)(H,48,55)(H,49,58)(H,50,56)/t29-,30?,31?,33+,35-,36+,37-,38-/m0/s1. The summed E-state index contributed by atoms with van der Waals surface area (Å²) in [6.45, 7) is 12.0. The maximum Gasteiger partial charge on any atom is 0.472 e. The van der Waals surface area contributed by atoms with Crippen LogP contribution < -0.4 is 26.6 Å². The Morgan fingerprint density at radius 1 is 0.758 bits per heavy atom. The Hall–Kier alpha value is -4.39. The van der Waals surface area contributed by atoms with Crippen molar-refractivity contribution in [1.29, 1.82) is 0 Å². The molecule has 1 saturated heterocycles. The summed E-state index contributed by atoms with van der Waals surface area (Å²) in [4.78, 5) is 95.2. The number of ketones is 1. The van der Waals surface area contributed by atoms with Crippen molar-refractivity contribution in [2.45, 2.75) is 174 Å². The fraction of sp³-hybridized carbons (Fsp3) is 0.705. The topological polar surface area (TPSA) is 264 Å². The molecule has 0 radical (unpaired) electrons. The Bertz CT molecular complexity index is 1610. The first-order chi connectivity index (χ1) is 29.2. The van der Waals surface area contributed by atoms with Crippen molar-refractivity contribution in [2.24, 2.45) is 11.8 Å². The third kappa shape index (κ3) is 18.9. The summed E-state index contributed by atoms with van der Waals surface area (Å²) in [6.07, 6.45) is 5.50. The van der Waals surface area contributed by atoms with Crippen molar-refractivity contribution in [3.8, 4) is 0 Å². The van der Waals surface area contributed by atoms with E-state index in [9.17, 15) is 53.8 Å². The fourth-order valence-electron chi connectivity index (χ4n) is 7.45. The summed E-state index contributed by atoms with van der Waals surface area (Å²) in [5.41, 5.74) is 1.68. The van der Waals surface area contributed by atoms with E-state index in [1.54, 1.807) is 12.1 Å². The van der Waals surface area contributed by atoms with Gasteiger partial charge in [0.15, 0.2) is 0 Å². The second kappa shape index (κ2) is 27.6. The Kier molecular flexibility index (Phi) is 24.0. The van der Waals surface area contributed by atoms with Crippen LogP contribution in [0.3, 0.4) is 0 Å². The molecule has 8 atom stereocenters. The van der Waals surface area contributed by atoms with Gasteiger partial charge in [0.05, 0.1) is 18.7 Å². The van der Waals surface area contributed by atoms with Crippen LogP contribution in [-0.2, 0) is 40.0 Å². The molecule has 0 spiro atoms. The van der Waals surface area contributed by atoms with E-state index in [0.717, 1.165) is 37.7 Å². The van der Waals surface area contributed by atoms with E-state index >= 15 is 0 Å². The zero-order valence-corrected chi connectivity index (χ0v) is 37.8. The monoisotopic (exact) mass is 873 g/mol. The van der Waals surface area contributed by atoms with Crippen LogP contribution in [0.4, 0.5) is 0 Å². The van der Waals surface area contributed by atoms with Gasteiger partial charge in [0, 0.05) is 31.7 Å². The van der Waals surface area contributed by atoms with E-state index < -0.39 is 97.3 Å². The van der Waals surface area contributed by atoms with Crippen LogP contribution in [0.15, 0.2) is 24.3 Å². The van der Waals surface area contributed by atoms with Crippen LogP contribution in [0.2, 0.25) is 0 Å². The van der Waals surface area contributed by atoms with Crippen molar-refractivity contribution in [3.05, 3.63) is 35.4 Å². The van der Waals surface area contributed by atoms with E-state index in [1.165, 1.54) is 38.5 Å². The molecule has 2 unspecified atom stereocenters.